The van der Waals surface area contributed by atoms with Crippen molar-refractivity contribution in [1.29, 1.82) is 0 Å². The van der Waals surface area contributed by atoms with Crippen LogP contribution in [0.2, 0.25) is 0 Å². The molecule has 2 atom stereocenters. The summed E-state index contributed by atoms with van der Waals surface area (Å²) in [6, 6.07) is 18.3. The molecule has 1 amide bonds. The van der Waals surface area contributed by atoms with E-state index < -0.39 is 17.9 Å². The average molecular weight is 531 g/mol. The number of hydrogen-bond acceptors (Lipinski definition) is 3. The highest BCUT2D eigenvalue weighted by molar-refractivity contribution is 5.99. The standard InChI is InChI=1S/C32H35FN2O4/c1-18(2)24-8-7-9-25(15-24)20(4)34-31(36)26-11-13-29-27(16-26)19(3)21(5)35(29)17-23-10-12-28(33)30(14-23)39-22(6)32(37)38/h7-16,18,20,22H,17H2,1-6H3,(H,34,36)(H,37,38)/t20-,22-/m0/s1. The number of aryl methyl sites for hydroxylation is 1. The van der Waals surface area contributed by atoms with E-state index in [0.29, 0.717) is 18.0 Å². The molecule has 0 saturated carbocycles. The van der Waals surface area contributed by atoms with Gasteiger partial charge in [-0.05, 0) is 86.2 Å². The first-order chi connectivity index (χ1) is 18.5. The Morgan fingerprint density at radius 3 is 2.38 bits per heavy atom. The van der Waals surface area contributed by atoms with Crippen molar-refractivity contribution in [2.45, 2.75) is 66.2 Å². The molecule has 7 heteroatoms. The van der Waals surface area contributed by atoms with Crippen LogP contribution in [0.25, 0.3) is 10.9 Å². The number of carbonyl (C=O) groups is 2. The summed E-state index contributed by atoms with van der Waals surface area (Å²) in [4.78, 5) is 24.3. The molecule has 4 aromatic rings. The fourth-order valence-electron chi connectivity index (χ4n) is 4.71. The highest BCUT2D eigenvalue weighted by atomic mass is 19.1. The van der Waals surface area contributed by atoms with Crippen LogP contribution < -0.4 is 10.1 Å². The minimum absolute atomic E-state index is 0.0970. The minimum Gasteiger partial charge on any atom is -0.479 e. The fraction of sp³-hybridized carbons (Fsp3) is 0.312. The van der Waals surface area contributed by atoms with Crippen molar-refractivity contribution < 1.29 is 23.8 Å². The minimum atomic E-state index is -1.17. The van der Waals surface area contributed by atoms with Crippen LogP contribution in [0.15, 0.2) is 60.7 Å². The fourth-order valence-corrected chi connectivity index (χ4v) is 4.71. The van der Waals surface area contributed by atoms with E-state index in [1.165, 1.54) is 24.6 Å². The Morgan fingerprint density at radius 1 is 0.974 bits per heavy atom. The first-order valence-corrected chi connectivity index (χ1v) is 13.1. The SMILES string of the molecule is Cc1c(C)n(Cc2ccc(F)c(O[C@@H](C)C(=O)O)c2)c2ccc(C(=O)N[C@@H](C)c3cccc(C(C)C)c3)cc12. The molecule has 0 aliphatic carbocycles. The molecule has 39 heavy (non-hydrogen) atoms. The van der Waals surface area contributed by atoms with Gasteiger partial charge in [-0.1, -0.05) is 44.2 Å². The third-order valence-corrected chi connectivity index (χ3v) is 7.31. The summed E-state index contributed by atoms with van der Waals surface area (Å²) in [7, 11) is 0. The van der Waals surface area contributed by atoms with Gasteiger partial charge in [0.2, 0.25) is 0 Å². The van der Waals surface area contributed by atoms with Crippen LogP contribution in [0.5, 0.6) is 5.75 Å². The number of nitrogens with zero attached hydrogens (tertiary/aromatic N) is 1. The van der Waals surface area contributed by atoms with Gasteiger partial charge in [0.15, 0.2) is 17.7 Å². The molecule has 1 aromatic heterocycles. The van der Waals surface area contributed by atoms with E-state index in [1.54, 1.807) is 6.07 Å². The Bertz CT molecular complexity index is 1540. The normalized spacial score (nSPS) is 12.9. The van der Waals surface area contributed by atoms with Crippen LogP contribution in [0.4, 0.5) is 4.39 Å². The highest BCUT2D eigenvalue weighted by Gasteiger charge is 2.19. The highest BCUT2D eigenvalue weighted by Crippen LogP contribution is 2.29. The number of aromatic nitrogens is 1. The Hall–Kier alpha value is -4.13. The molecule has 0 spiro atoms. The molecule has 0 aliphatic rings. The lowest BCUT2D eigenvalue weighted by atomic mass is 9.98. The monoisotopic (exact) mass is 530 g/mol. The molecule has 2 N–H and O–H groups in total. The van der Waals surface area contributed by atoms with E-state index >= 15 is 0 Å². The van der Waals surface area contributed by atoms with Crippen LogP contribution in [0, 0.1) is 19.7 Å². The van der Waals surface area contributed by atoms with E-state index in [0.717, 1.165) is 33.3 Å². The number of carboxylic acids is 1. The first-order valence-electron chi connectivity index (χ1n) is 13.1. The molecule has 6 nitrogen and oxygen atoms in total. The Balaban J connectivity index is 1.58. The number of carbonyl (C=O) groups excluding carboxylic acids is 1. The van der Waals surface area contributed by atoms with E-state index in [2.05, 4.69) is 35.9 Å². The molecular formula is C32H35FN2O4. The molecule has 0 radical (unpaired) electrons. The average Bonchev–Trinajstić information content (AvgIpc) is 3.14. The van der Waals surface area contributed by atoms with E-state index in [1.807, 2.05) is 51.1 Å². The Morgan fingerprint density at radius 2 is 1.69 bits per heavy atom. The second-order valence-electron chi connectivity index (χ2n) is 10.4. The number of benzene rings is 3. The molecule has 204 valence electrons. The second kappa shape index (κ2) is 11.3. The van der Waals surface area contributed by atoms with Crippen molar-refractivity contribution in [3.63, 3.8) is 0 Å². The number of rotatable bonds is 9. The largest absolute Gasteiger partial charge is 0.479 e. The van der Waals surface area contributed by atoms with Gasteiger partial charge in [0.25, 0.3) is 5.91 Å². The lowest BCUT2D eigenvalue weighted by Crippen LogP contribution is -2.26. The van der Waals surface area contributed by atoms with Crippen molar-refractivity contribution in [3.8, 4) is 5.75 Å². The Kier molecular flexibility index (Phi) is 8.09. The summed E-state index contributed by atoms with van der Waals surface area (Å²) >= 11 is 0. The number of hydrogen-bond donors (Lipinski definition) is 2. The third-order valence-electron chi connectivity index (χ3n) is 7.31. The number of halogens is 1. The summed E-state index contributed by atoms with van der Waals surface area (Å²) in [5.41, 5.74) is 6.67. The maximum Gasteiger partial charge on any atom is 0.344 e. The molecule has 4 rings (SSSR count). The summed E-state index contributed by atoms with van der Waals surface area (Å²) in [6.45, 7) is 12.1. The van der Waals surface area contributed by atoms with Crippen molar-refractivity contribution in [3.05, 3.63) is 100.0 Å². The summed E-state index contributed by atoms with van der Waals surface area (Å²) < 4.78 is 21.7. The molecule has 3 aromatic carbocycles. The summed E-state index contributed by atoms with van der Waals surface area (Å²) in [5, 5.41) is 13.2. The maximum absolute atomic E-state index is 14.3. The van der Waals surface area contributed by atoms with Gasteiger partial charge in [0.05, 0.1) is 6.04 Å². The van der Waals surface area contributed by atoms with Gasteiger partial charge in [0, 0.05) is 28.7 Å². The van der Waals surface area contributed by atoms with Gasteiger partial charge in [-0.15, -0.1) is 0 Å². The zero-order chi connectivity index (χ0) is 28.4. The van der Waals surface area contributed by atoms with Crippen LogP contribution in [-0.4, -0.2) is 27.7 Å². The van der Waals surface area contributed by atoms with Crippen LogP contribution in [0.1, 0.15) is 78.0 Å². The topological polar surface area (TPSA) is 80.6 Å². The van der Waals surface area contributed by atoms with Gasteiger partial charge in [-0.25, -0.2) is 9.18 Å². The molecular weight excluding hydrogens is 495 g/mol. The number of fused-ring (bicyclic) bond motifs is 1. The maximum atomic E-state index is 14.3. The molecule has 1 heterocycles. The zero-order valence-electron chi connectivity index (χ0n) is 23.2. The van der Waals surface area contributed by atoms with Crippen LogP contribution in [0.3, 0.4) is 0 Å². The predicted octanol–water partition coefficient (Wildman–Crippen LogP) is 6.91. The number of carboxylic acid groups (broad SMARTS) is 1. The van der Waals surface area contributed by atoms with Gasteiger partial charge in [-0.2, -0.15) is 0 Å². The molecule has 0 aliphatic heterocycles. The van der Waals surface area contributed by atoms with Gasteiger partial charge in [0.1, 0.15) is 0 Å². The lowest BCUT2D eigenvalue weighted by Gasteiger charge is -2.17. The number of ether oxygens (including phenoxy) is 1. The predicted molar refractivity (Wildman–Crippen MR) is 151 cm³/mol. The Labute approximate surface area is 228 Å². The first kappa shape index (κ1) is 27.9. The smallest absolute Gasteiger partial charge is 0.344 e. The molecule has 0 unspecified atom stereocenters. The molecule has 0 saturated heterocycles. The summed E-state index contributed by atoms with van der Waals surface area (Å²) in [5.74, 6) is -1.61. The molecule has 0 bridgehead atoms. The summed E-state index contributed by atoms with van der Waals surface area (Å²) in [6.07, 6.45) is -1.17. The van der Waals surface area contributed by atoms with E-state index in [4.69, 9.17) is 9.84 Å². The van der Waals surface area contributed by atoms with Crippen LogP contribution in [-0.2, 0) is 11.3 Å². The van der Waals surface area contributed by atoms with Crippen molar-refractivity contribution in [2.24, 2.45) is 0 Å². The van der Waals surface area contributed by atoms with Gasteiger partial charge in [-0.3, -0.25) is 4.79 Å². The number of nitrogens with one attached hydrogen (secondary N) is 1. The number of aliphatic carboxylic acids is 1. The lowest BCUT2D eigenvalue weighted by molar-refractivity contribution is -0.144. The quantitative estimate of drug-likeness (QED) is 0.246. The van der Waals surface area contributed by atoms with Crippen molar-refractivity contribution in [1.82, 2.24) is 9.88 Å². The second-order valence-corrected chi connectivity index (χ2v) is 10.4. The zero-order valence-corrected chi connectivity index (χ0v) is 23.2. The number of amides is 1. The van der Waals surface area contributed by atoms with Crippen molar-refractivity contribution >= 4 is 22.8 Å². The van der Waals surface area contributed by atoms with Crippen LogP contribution >= 0.6 is 0 Å². The van der Waals surface area contributed by atoms with Gasteiger partial charge < -0.3 is 19.7 Å². The van der Waals surface area contributed by atoms with E-state index in [-0.39, 0.29) is 17.7 Å². The third kappa shape index (κ3) is 5.98. The van der Waals surface area contributed by atoms with Crippen molar-refractivity contribution in [2.75, 3.05) is 0 Å². The van der Waals surface area contributed by atoms with E-state index in [9.17, 15) is 14.0 Å². The van der Waals surface area contributed by atoms with Gasteiger partial charge >= 0.3 is 5.97 Å². The molecule has 0 fully saturated rings.